The Morgan fingerprint density at radius 2 is 0.920 bits per heavy atom. The highest BCUT2D eigenvalue weighted by atomic mass is 31.2. The average Bonchev–Trinajstić information content (AvgIpc) is 2.60. The second-order valence-electron chi connectivity index (χ2n) is 4.54. The van der Waals surface area contributed by atoms with Gasteiger partial charge in [-0.2, -0.15) is 0 Å². The molecule has 0 saturated carbocycles. The van der Waals surface area contributed by atoms with E-state index >= 15 is 0 Å². The standard InChI is InChI=1S/C14H31O10P/c1-17-3-4-19-5-6-20-7-8-21-9-10-22-11-12-23-13-14-24-25(15,16)18-2/h3-14H2,1-2H3,(H,15,16). The van der Waals surface area contributed by atoms with Gasteiger partial charge in [-0.1, -0.05) is 0 Å². The molecular formula is C14H31O10P. The molecular weight excluding hydrogens is 359 g/mol. The van der Waals surface area contributed by atoms with Crippen molar-refractivity contribution in [1.29, 1.82) is 0 Å². The third-order valence-corrected chi connectivity index (χ3v) is 3.60. The second kappa shape index (κ2) is 18.7. The molecule has 0 aromatic heterocycles. The summed E-state index contributed by atoms with van der Waals surface area (Å²) in [7, 11) is -1.19. The normalized spacial score (nSPS) is 13.9. The lowest BCUT2D eigenvalue weighted by Gasteiger charge is -2.09. The highest BCUT2D eigenvalue weighted by Gasteiger charge is 2.17. The molecule has 1 atom stereocenters. The molecule has 0 aliphatic heterocycles. The Hall–Kier alpha value is -0.130. The second-order valence-corrected chi connectivity index (χ2v) is 6.10. The number of methoxy groups -OCH3 is 1. The maximum atomic E-state index is 11.0. The van der Waals surface area contributed by atoms with Gasteiger partial charge >= 0.3 is 7.82 Å². The smallest absolute Gasteiger partial charge is 0.382 e. The molecule has 0 rings (SSSR count). The van der Waals surface area contributed by atoms with Gasteiger partial charge in [-0.15, -0.1) is 0 Å². The quantitative estimate of drug-likeness (QED) is 0.233. The van der Waals surface area contributed by atoms with E-state index in [0.717, 1.165) is 7.11 Å². The average molecular weight is 390 g/mol. The van der Waals surface area contributed by atoms with Crippen LogP contribution in [0.25, 0.3) is 0 Å². The Morgan fingerprint density at radius 1 is 0.600 bits per heavy atom. The van der Waals surface area contributed by atoms with Crippen molar-refractivity contribution >= 4 is 7.82 Å². The zero-order valence-corrected chi connectivity index (χ0v) is 15.9. The molecule has 1 unspecified atom stereocenters. The van der Waals surface area contributed by atoms with Crippen LogP contribution in [0.5, 0.6) is 0 Å². The van der Waals surface area contributed by atoms with Gasteiger partial charge < -0.3 is 33.3 Å². The largest absolute Gasteiger partial charge is 0.471 e. The lowest BCUT2D eigenvalue weighted by atomic mass is 10.7. The van der Waals surface area contributed by atoms with E-state index in [1.54, 1.807) is 7.11 Å². The summed E-state index contributed by atoms with van der Waals surface area (Å²) in [6.07, 6.45) is 0. The minimum absolute atomic E-state index is 0.0256. The van der Waals surface area contributed by atoms with E-state index in [4.69, 9.17) is 33.3 Å². The van der Waals surface area contributed by atoms with Crippen LogP contribution in [-0.2, 0) is 42.0 Å². The van der Waals surface area contributed by atoms with Crippen LogP contribution in [0.15, 0.2) is 0 Å². The van der Waals surface area contributed by atoms with E-state index in [2.05, 4.69) is 9.05 Å². The van der Waals surface area contributed by atoms with Crippen molar-refractivity contribution in [3.8, 4) is 0 Å². The third-order valence-electron chi connectivity index (χ3n) is 2.63. The van der Waals surface area contributed by atoms with Gasteiger partial charge in [-0.05, 0) is 0 Å². The Morgan fingerprint density at radius 3 is 1.24 bits per heavy atom. The fraction of sp³-hybridized carbons (Fsp3) is 1.00. The van der Waals surface area contributed by atoms with Crippen molar-refractivity contribution in [3.63, 3.8) is 0 Å². The van der Waals surface area contributed by atoms with Gasteiger partial charge in [0.05, 0.1) is 79.3 Å². The number of rotatable bonds is 20. The van der Waals surface area contributed by atoms with Crippen molar-refractivity contribution in [2.75, 3.05) is 93.5 Å². The van der Waals surface area contributed by atoms with E-state index < -0.39 is 7.82 Å². The summed E-state index contributed by atoms with van der Waals surface area (Å²) < 4.78 is 51.0. The molecule has 0 aliphatic rings. The topological polar surface area (TPSA) is 111 Å². The number of ether oxygens (including phenoxy) is 6. The van der Waals surface area contributed by atoms with E-state index in [-0.39, 0.29) is 13.2 Å². The maximum absolute atomic E-state index is 11.0. The molecule has 0 heterocycles. The van der Waals surface area contributed by atoms with E-state index in [1.165, 1.54) is 0 Å². The van der Waals surface area contributed by atoms with Gasteiger partial charge in [0, 0.05) is 14.2 Å². The van der Waals surface area contributed by atoms with Gasteiger partial charge in [0.2, 0.25) is 0 Å². The fourth-order valence-electron chi connectivity index (χ4n) is 1.39. The Balaban J connectivity index is 3.06. The fourth-order valence-corrected chi connectivity index (χ4v) is 1.80. The molecule has 152 valence electrons. The molecule has 0 saturated heterocycles. The first kappa shape index (κ1) is 24.9. The van der Waals surface area contributed by atoms with Crippen LogP contribution < -0.4 is 0 Å². The van der Waals surface area contributed by atoms with Crippen LogP contribution >= 0.6 is 7.82 Å². The highest BCUT2D eigenvalue weighted by molar-refractivity contribution is 7.47. The third kappa shape index (κ3) is 20.0. The molecule has 0 spiro atoms. The minimum Gasteiger partial charge on any atom is -0.382 e. The van der Waals surface area contributed by atoms with Crippen LogP contribution in [-0.4, -0.2) is 98.4 Å². The molecule has 1 N–H and O–H groups in total. The van der Waals surface area contributed by atoms with E-state index in [9.17, 15) is 4.57 Å². The summed E-state index contributed by atoms with van der Waals surface area (Å²) in [5.74, 6) is 0. The predicted molar refractivity (Wildman–Crippen MR) is 88.8 cm³/mol. The molecule has 11 heteroatoms. The predicted octanol–water partition coefficient (Wildman–Crippen LogP) is 0.479. The Bertz CT molecular complexity index is 318. The number of phosphoric ester groups is 1. The van der Waals surface area contributed by atoms with Crippen LogP contribution in [0.2, 0.25) is 0 Å². The number of phosphoric acid groups is 1. The van der Waals surface area contributed by atoms with Gasteiger partial charge in [-0.25, -0.2) is 4.57 Å². The first-order chi connectivity index (χ1) is 12.1. The molecule has 10 nitrogen and oxygen atoms in total. The molecule has 0 radical (unpaired) electrons. The zero-order valence-electron chi connectivity index (χ0n) is 15.1. The number of hydrogen-bond donors (Lipinski definition) is 1. The van der Waals surface area contributed by atoms with Crippen molar-refractivity contribution in [2.24, 2.45) is 0 Å². The van der Waals surface area contributed by atoms with Gasteiger partial charge in [-0.3, -0.25) is 9.05 Å². The lowest BCUT2D eigenvalue weighted by molar-refractivity contribution is -0.0164. The number of hydrogen-bond acceptors (Lipinski definition) is 9. The molecule has 0 aromatic rings. The molecule has 0 aromatic carbocycles. The first-order valence-corrected chi connectivity index (χ1v) is 9.52. The van der Waals surface area contributed by atoms with Crippen molar-refractivity contribution in [1.82, 2.24) is 0 Å². The summed E-state index contributed by atoms with van der Waals surface area (Å²) in [6.45, 7) is 5.07. The lowest BCUT2D eigenvalue weighted by Crippen LogP contribution is -2.14. The summed E-state index contributed by atoms with van der Waals surface area (Å²) in [6, 6.07) is 0. The van der Waals surface area contributed by atoms with Crippen molar-refractivity contribution < 1.29 is 46.9 Å². The van der Waals surface area contributed by atoms with Gasteiger partial charge in [0.25, 0.3) is 0 Å². The van der Waals surface area contributed by atoms with E-state index in [0.29, 0.717) is 66.1 Å². The minimum atomic E-state index is -3.91. The first-order valence-electron chi connectivity index (χ1n) is 8.03. The molecule has 0 amide bonds. The highest BCUT2D eigenvalue weighted by Crippen LogP contribution is 2.41. The van der Waals surface area contributed by atoms with Crippen LogP contribution in [0.4, 0.5) is 0 Å². The monoisotopic (exact) mass is 390 g/mol. The Kier molecular flexibility index (Phi) is 18.6. The molecule has 0 bridgehead atoms. The summed E-state index contributed by atoms with van der Waals surface area (Å²) in [4.78, 5) is 8.96. The zero-order chi connectivity index (χ0) is 18.6. The van der Waals surface area contributed by atoms with Gasteiger partial charge in [0.15, 0.2) is 0 Å². The SMILES string of the molecule is COCCOCCOCCOCCOCCOCCOP(=O)(O)OC. The van der Waals surface area contributed by atoms with E-state index in [1.807, 2.05) is 0 Å². The van der Waals surface area contributed by atoms with Crippen LogP contribution in [0.3, 0.4) is 0 Å². The Labute approximate surface area is 149 Å². The van der Waals surface area contributed by atoms with Crippen LogP contribution in [0.1, 0.15) is 0 Å². The van der Waals surface area contributed by atoms with Crippen molar-refractivity contribution in [3.05, 3.63) is 0 Å². The maximum Gasteiger partial charge on any atom is 0.471 e. The molecule has 0 aliphatic carbocycles. The molecule has 0 fully saturated rings. The summed E-state index contributed by atoms with van der Waals surface area (Å²) >= 11 is 0. The van der Waals surface area contributed by atoms with Crippen molar-refractivity contribution in [2.45, 2.75) is 0 Å². The van der Waals surface area contributed by atoms with Crippen LogP contribution in [0, 0.1) is 0 Å². The summed E-state index contributed by atoms with van der Waals surface area (Å²) in [5, 5.41) is 0. The van der Waals surface area contributed by atoms with Gasteiger partial charge in [0.1, 0.15) is 0 Å². The molecule has 25 heavy (non-hydrogen) atoms. The summed E-state index contributed by atoms with van der Waals surface area (Å²) in [5.41, 5.74) is 0.